The SMILES string of the molecule is Cc1oc2c(C)c3oc(=O)c(CC(=O)N[C@@H](CC(C)C)C(=O)[O-])c(C)c3cc2c1-c1ccccc1. The van der Waals surface area contributed by atoms with Gasteiger partial charge in [-0.1, -0.05) is 44.2 Å². The molecule has 0 aliphatic rings. The molecule has 0 saturated heterocycles. The molecule has 2 aromatic heterocycles. The van der Waals surface area contributed by atoms with E-state index in [0.717, 1.165) is 22.3 Å². The molecule has 0 saturated carbocycles. The number of aliphatic carboxylic acids is 1. The van der Waals surface area contributed by atoms with E-state index in [1.807, 2.05) is 64.1 Å². The number of hydrogen-bond donors (Lipinski definition) is 1. The molecule has 0 spiro atoms. The molecule has 0 aliphatic heterocycles. The molecule has 2 aromatic carbocycles. The van der Waals surface area contributed by atoms with Crippen LogP contribution in [-0.4, -0.2) is 17.9 Å². The summed E-state index contributed by atoms with van der Waals surface area (Å²) in [6, 6.07) is 10.7. The van der Waals surface area contributed by atoms with E-state index in [4.69, 9.17) is 8.83 Å². The quantitative estimate of drug-likeness (QED) is 0.406. The Kier molecular flexibility index (Phi) is 6.52. The lowest BCUT2D eigenvalue weighted by molar-refractivity contribution is -0.308. The maximum Gasteiger partial charge on any atom is 0.340 e. The van der Waals surface area contributed by atoms with E-state index in [0.29, 0.717) is 27.7 Å². The normalized spacial score (nSPS) is 12.4. The molecule has 4 rings (SSSR count). The number of carbonyl (C=O) groups is 2. The zero-order chi connectivity index (χ0) is 25.4. The standard InChI is InChI=1S/C28H29NO6/c1-14(2)11-22(27(31)32)29-23(30)13-20-15(3)19-12-21-24(18-9-7-6-8-10-18)17(5)34-26(21)16(4)25(19)35-28(20)33/h6-10,12,14,22H,11,13H2,1-5H3,(H,29,30)(H,31,32)/p-1/t22-/m0/s1. The largest absolute Gasteiger partial charge is 0.548 e. The van der Waals surface area contributed by atoms with Gasteiger partial charge in [0, 0.05) is 21.9 Å². The number of carbonyl (C=O) groups excluding carboxylic acids is 2. The van der Waals surface area contributed by atoms with Gasteiger partial charge >= 0.3 is 5.63 Å². The van der Waals surface area contributed by atoms with Crippen LogP contribution in [0.4, 0.5) is 0 Å². The second kappa shape index (κ2) is 9.41. The zero-order valence-electron chi connectivity index (χ0n) is 20.5. The van der Waals surface area contributed by atoms with E-state index >= 15 is 0 Å². The predicted octanol–water partition coefficient (Wildman–Crippen LogP) is 3.95. The summed E-state index contributed by atoms with van der Waals surface area (Å²) in [4.78, 5) is 37.0. The Balaban J connectivity index is 1.81. The summed E-state index contributed by atoms with van der Waals surface area (Å²) >= 11 is 0. The third-order valence-electron chi connectivity index (χ3n) is 6.36. The summed E-state index contributed by atoms with van der Waals surface area (Å²) in [5.74, 6) is -1.12. The van der Waals surface area contributed by atoms with Crippen LogP contribution in [0.15, 0.2) is 50.0 Å². The second-order valence-electron chi connectivity index (χ2n) is 9.39. The van der Waals surface area contributed by atoms with Crippen LogP contribution >= 0.6 is 0 Å². The lowest BCUT2D eigenvalue weighted by atomic mass is 9.96. The van der Waals surface area contributed by atoms with Crippen LogP contribution in [0.1, 0.15) is 42.7 Å². The van der Waals surface area contributed by atoms with Gasteiger partial charge in [-0.05, 0) is 50.3 Å². The Labute approximate surface area is 202 Å². The first-order valence-electron chi connectivity index (χ1n) is 11.6. The lowest BCUT2D eigenvalue weighted by Gasteiger charge is -2.21. The fourth-order valence-electron chi connectivity index (χ4n) is 4.63. The fraction of sp³-hybridized carbons (Fsp3) is 0.321. The Morgan fingerprint density at radius 1 is 0.971 bits per heavy atom. The molecule has 35 heavy (non-hydrogen) atoms. The molecule has 4 aromatic rings. The molecule has 182 valence electrons. The van der Waals surface area contributed by atoms with Crippen LogP contribution in [0.25, 0.3) is 33.1 Å². The molecule has 7 heteroatoms. The highest BCUT2D eigenvalue weighted by Crippen LogP contribution is 2.39. The highest BCUT2D eigenvalue weighted by molar-refractivity contribution is 6.06. The van der Waals surface area contributed by atoms with E-state index in [2.05, 4.69) is 5.32 Å². The highest BCUT2D eigenvalue weighted by Gasteiger charge is 2.23. The number of carboxylic acid groups (broad SMARTS) is 1. The van der Waals surface area contributed by atoms with E-state index in [-0.39, 0.29) is 24.3 Å². The van der Waals surface area contributed by atoms with Gasteiger partial charge in [0.15, 0.2) is 0 Å². The van der Waals surface area contributed by atoms with Crippen molar-refractivity contribution >= 4 is 33.8 Å². The number of carboxylic acids is 1. The minimum atomic E-state index is -1.35. The van der Waals surface area contributed by atoms with Gasteiger partial charge in [0.1, 0.15) is 16.9 Å². The van der Waals surface area contributed by atoms with E-state index in [1.165, 1.54) is 0 Å². The van der Waals surface area contributed by atoms with Crippen molar-refractivity contribution < 1.29 is 23.5 Å². The molecule has 0 radical (unpaired) electrons. The van der Waals surface area contributed by atoms with Gasteiger partial charge in [-0.2, -0.15) is 0 Å². The maximum atomic E-state index is 12.9. The molecule has 0 aliphatic carbocycles. The number of furan rings is 1. The third kappa shape index (κ3) is 4.58. The number of aryl methyl sites for hydroxylation is 3. The smallest absolute Gasteiger partial charge is 0.340 e. The minimum absolute atomic E-state index is 0.0493. The molecule has 7 nitrogen and oxygen atoms in total. The van der Waals surface area contributed by atoms with Crippen molar-refractivity contribution in [3.05, 3.63) is 69.3 Å². The highest BCUT2D eigenvalue weighted by atomic mass is 16.4. The topological polar surface area (TPSA) is 113 Å². The first-order valence-corrected chi connectivity index (χ1v) is 11.6. The Morgan fingerprint density at radius 3 is 2.26 bits per heavy atom. The van der Waals surface area contributed by atoms with Gasteiger partial charge < -0.3 is 24.1 Å². The fourth-order valence-corrected chi connectivity index (χ4v) is 4.63. The summed E-state index contributed by atoms with van der Waals surface area (Å²) in [5, 5.41) is 15.5. The second-order valence-corrected chi connectivity index (χ2v) is 9.39. The zero-order valence-corrected chi connectivity index (χ0v) is 20.5. The minimum Gasteiger partial charge on any atom is -0.548 e. The Bertz CT molecular complexity index is 1490. The van der Waals surface area contributed by atoms with Crippen LogP contribution in [-0.2, 0) is 16.0 Å². The number of hydrogen-bond acceptors (Lipinski definition) is 6. The van der Waals surface area contributed by atoms with Crippen LogP contribution in [0.2, 0.25) is 0 Å². The van der Waals surface area contributed by atoms with Crippen molar-refractivity contribution in [1.82, 2.24) is 5.32 Å². The average Bonchev–Trinajstić information content (AvgIpc) is 3.13. The van der Waals surface area contributed by atoms with Gasteiger partial charge in [0.05, 0.1) is 24.0 Å². The summed E-state index contributed by atoms with van der Waals surface area (Å²) in [6.07, 6.45) is -0.0579. The number of benzene rings is 2. The van der Waals surface area contributed by atoms with Gasteiger partial charge in [-0.3, -0.25) is 4.79 Å². The summed E-state index contributed by atoms with van der Waals surface area (Å²) in [7, 11) is 0. The number of fused-ring (bicyclic) bond motifs is 2. The van der Waals surface area contributed by atoms with Crippen LogP contribution in [0, 0.1) is 26.7 Å². The molecule has 0 bridgehead atoms. The molecule has 1 atom stereocenters. The van der Waals surface area contributed by atoms with Crippen molar-refractivity contribution in [3.8, 4) is 11.1 Å². The van der Waals surface area contributed by atoms with Crippen molar-refractivity contribution in [1.29, 1.82) is 0 Å². The van der Waals surface area contributed by atoms with Gasteiger partial charge in [0.25, 0.3) is 0 Å². The molecule has 1 amide bonds. The summed E-state index contributed by atoms with van der Waals surface area (Å²) < 4.78 is 11.7. The first kappa shape index (κ1) is 24.3. The van der Waals surface area contributed by atoms with Crippen LogP contribution in [0.5, 0.6) is 0 Å². The maximum absolute atomic E-state index is 12.9. The van der Waals surface area contributed by atoms with E-state index in [1.54, 1.807) is 6.92 Å². The first-order chi connectivity index (χ1) is 16.6. The molecule has 0 fully saturated rings. The van der Waals surface area contributed by atoms with E-state index in [9.17, 15) is 19.5 Å². The molecular formula is C28H28NO6-. The van der Waals surface area contributed by atoms with E-state index < -0.39 is 23.5 Å². The van der Waals surface area contributed by atoms with Crippen molar-refractivity contribution in [2.24, 2.45) is 5.92 Å². The summed E-state index contributed by atoms with van der Waals surface area (Å²) in [6.45, 7) is 9.22. The number of nitrogens with one attached hydrogen (secondary N) is 1. The van der Waals surface area contributed by atoms with Gasteiger partial charge in [0.2, 0.25) is 5.91 Å². The molecule has 1 N–H and O–H groups in total. The number of amides is 1. The molecular weight excluding hydrogens is 446 g/mol. The predicted molar refractivity (Wildman–Crippen MR) is 132 cm³/mol. The third-order valence-corrected chi connectivity index (χ3v) is 6.36. The van der Waals surface area contributed by atoms with Crippen molar-refractivity contribution in [2.75, 3.05) is 0 Å². The Morgan fingerprint density at radius 2 is 1.63 bits per heavy atom. The summed E-state index contributed by atoms with van der Waals surface area (Å²) in [5.41, 5.74) is 3.90. The average molecular weight is 475 g/mol. The van der Waals surface area contributed by atoms with Crippen molar-refractivity contribution in [2.45, 2.75) is 53.5 Å². The Hall–Kier alpha value is -3.87. The van der Waals surface area contributed by atoms with Gasteiger partial charge in [-0.15, -0.1) is 0 Å². The number of rotatable bonds is 7. The van der Waals surface area contributed by atoms with Crippen LogP contribution < -0.4 is 16.0 Å². The molecule has 0 unspecified atom stereocenters. The van der Waals surface area contributed by atoms with Gasteiger partial charge in [-0.25, -0.2) is 4.79 Å². The lowest BCUT2D eigenvalue weighted by Crippen LogP contribution is -2.49. The van der Waals surface area contributed by atoms with Crippen LogP contribution in [0.3, 0.4) is 0 Å². The molecule has 2 heterocycles. The monoisotopic (exact) mass is 474 g/mol. The van der Waals surface area contributed by atoms with Crippen molar-refractivity contribution in [3.63, 3.8) is 0 Å².